The number of hydrogen-bond donors (Lipinski definition) is 1. The molecule has 0 radical (unpaired) electrons. The number of thiophene rings is 1. The highest BCUT2D eigenvalue weighted by Crippen LogP contribution is 2.32. The van der Waals surface area contributed by atoms with Crippen molar-refractivity contribution in [1.29, 1.82) is 0 Å². The van der Waals surface area contributed by atoms with Gasteiger partial charge in [-0.15, -0.1) is 11.3 Å². The Bertz CT molecular complexity index is 352. The summed E-state index contributed by atoms with van der Waals surface area (Å²) in [6.45, 7) is 13.8. The number of rotatable bonds is 6. The fourth-order valence-electron chi connectivity index (χ4n) is 1.94. The van der Waals surface area contributed by atoms with Gasteiger partial charge in [-0.2, -0.15) is 0 Å². The summed E-state index contributed by atoms with van der Waals surface area (Å²) >= 11 is 5.41. The molecule has 1 N–H and O–H groups in total. The minimum absolute atomic E-state index is 0.348. The van der Waals surface area contributed by atoms with Gasteiger partial charge in [0.25, 0.3) is 0 Å². The van der Waals surface area contributed by atoms with E-state index in [0.717, 1.165) is 19.0 Å². The van der Waals surface area contributed by atoms with Crippen LogP contribution < -0.4 is 5.32 Å². The van der Waals surface area contributed by atoms with Crippen molar-refractivity contribution in [2.45, 2.75) is 41.0 Å². The van der Waals surface area contributed by atoms with Gasteiger partial charge in [0, 0.05) is 4.88 Å². The monoisotopic (exact) mass is 331 g/mol. The van der Waals surface area contributed by atoms with Gasteiger partial charge >= 0.3 is 0 Å². The van der Waals surface area contributed by atoms with Crippen LogP contribution in [-0.4, -0.2) is 13.1 Å². The van der Waals surface area contributed by atoms with Crippen molar-refractivity contribution < 1.29 is 0 Å². The lowest BCUT2D eigenvalue weighted by Crippen LogP contribution is -2.34. The lowest BCUT2D eigenvalue weighted by Gasteiger charge is -2.31. The molecule has 1 aromatic heterocycles. The first-order valence-electron chi connectivity index (χ1n) is 6.74. The molecule has 0 bridgehead atoms. The van der Waals surface area contributed by atoms with Crippen molar-refractivity contribution in [1.82, 2.24) is 5.32 Å². The van der Waals surface area contributed by atoms with Crippen LogP contribution in [-0.2, 0) is 6.42 Å². The van der Waals surface area contributed by atoms with Crippen molar-refractivity contribution in [3.05, 3.63) is 20.8 Å². The number of hydrogen-bond acceptors (Lipinski definition) is 2. The molecule has 18 heavy (non-hydrogen) atoms. The zero-order valence-electron chi connectivity index (χ0n) is 12.2. The molecule has 104 valence electrons. The second-order valence-corrected chi connectivity index (χ2v) is 9.07. The highest BCUT2D eigenvalue weighted by atomic mass is 79.9. The van der Waals surface area contributed by atoms with Gasteiger partial charge in [-0.25, -0.2) is 0 Å². The van der Waals surface area contributed by atoms with E-state index in [1.165, 1.54) is 15.1 Å². The van der Waals surface area contributed by atoms with E-state index in [-0.39, 0.29) is 0 Å². The van der Waals surface area contributed by atoms with Crippen LogP contribution in [0.5, 0.6) is 0 Å². The molecule has 0 aliphatic rings. The molecule has 0 amide bonds. The lowest BCUT2D eigenvalue weighted by molar-refractivity contribution is 0.230. The van der Waals surface area contributed by atoms with E-state index in [1.807, 2.05) is 11.3 Å². The summed E-state index contributed by atoms with van der Waals surface area (Å²) in [5.74, 6) is 1.41. The Kier molecular flexibility index (Phi) is 6.36. The zero-order chi connectivity index (χ0) is 13.8. The summed E-state index contributed by atoms with van der Waals surface area (Å²) in [6, 6.07) is 4.40. The van der Waals surface area contributed by atoms with Gasteiger partial charge in [-0.05, 0) is 64.8 Å². The van der Waals surface area contributed by atoms with E-state index in [2.05, 4.69) is 68.0 Å². The fourth-order valence-corrected chi connectivity index (χ4v) is 3.50. The Morgan fingerprint density at radius 1 is 1.22 bits per heavy atom. The van der Waals surface area contributed by atoms with E-state index in [0.29, 0.717) is 11.3 Å². The van der Waals surface area contributed by atoms with Crippen molar-refractivity contribution in [3.63, 3.8) is 0 Å². The highest BCUT2D eigenvalue weighted by Gasteiger charge is 2.25. The predicted octanol–water partition coefficient (Wildman–Crippen LogP) is 4.96. The first-order valence-corrected chi connectivity index (χ1v) is 8.35. The van der Waals surface area contributed by atoms with Crippen LogP contribution >= 0.6 is 27.3 Å². The van der Waals surface area contributed by atoms with Crippen molar-refractivity contribution in [3.8, 4) is 0 Å². The van der Waals surface area contributed by atoms with E-state index in [9.17, 15) is 0 Å². The minimum atomic E-state index is 0.348. The summed E-state index contributed by atoms with van der Waals surface area (Å²) in [5, 5.41) is 3.61. The maximum absolute atomic E-state index is 3.61. The molecule has 0 aliphatic carbocycles. The third-order valence-corrected chi connectivity index (χ3v) is 4.89. The van der Waals surface area contributed by atoms with E-state index in [4.69, 9.17) is 0 Å². The molecule has 1 atom stereocenters. The summed E-state index contributed by atoms with van der Waals surface area (Å²) < 4.78 is 1.24. The average Bonchev–Trinajstić information content (AvgIpc) is 2.60. The first kappa shape index (κ1) is 16.2. The van der Waals surface area contributed by atoms with Gasteiger partial charge in [0.1, 0.15) is 0 Å². The molecule has 0 aromatic carbocycles. The standard InChI is InChI=1S/C15H26BrNS/c1-11(2)9-17-10-12(15(3,4)5)8-13-6-7-14(16)18-13/h6-7,11-12,17H,8-10H2,1-5H3. The number of halogens is 1. The average molecular weight is 332 g/mol. The Balaban J connectivity index is 2.56. The molecule has 0 saturated heterocycles. The van der Waals surface area contributed by atoms with Crippen molar-refractivity contribution >= 4 is 27.3 Å². The van der Waals surface area contributed by atoms with Crippen LogP contribution in [0.2, 0.25) is 0 Å². The Hall–Kier alpha value is 0.140. The molecule has 0 fully saturated rings. The molecule has 1 aromatic rings. The van der Waals surface area contributed by atoms with Gasteiger partial charge in [0.2, 0.25) is 0 Å². The maximum atomic E-state index is 3.61. The second kappa shape index (κ2) is 7.06. The van der Waals surface area contributed by atoms with Gasteiger partial charge < -0.3 is 5.32 Å². The summed E-state index contributed by atoms with van der Waals surface area (Å²) in [7, 11) is 0. The molecular weight excluding hydrogens is 306 g/mol. The number of nitrogens with one attached hydrogen (secondary N) is 1. The topological polar surface area (TPSA) is 12.0 Å². The Morgan fingerprint density at radius 3 is 2.33 bits per heavy atom. The third-order valence-electron chi connectivity index (χ3n) is 3.24. The molecule has 0 aliphatic heterocycles. The molecule has 1 unspecified atom stereocenters. The van der Waals surface area contributed by atoms with Crippen LogP contribution in [0.4, 0.5) is 0 Å². The Labute approximate surface area is 125 Å². The summed E-state index contributed by atoms with van der Waals surface area (Å²) in [5.41, 5.74) is 0.348. The summed E-state index contributed by atoms with van der Waals surface area (Å²) in [4.78, 5) is 1.48. The molecule has 0 spiro atoms. The quantitative estimate of drug-likeness (QED) is 0.776. The van der Waals surface area contributed by atoms with E-state index in [1.54, 1.807) is 0 Å². The van der Waals surface area contributed by atoms with Crippen LogP contribution in [0.25, 0.3) is 0 Å². The normalized spacial score (nSPS) is 14.2. The van der Waals surface area contributed by atoms with Crippen molar-refractivity contribution in [2.75, 3.05) is 13.1 Å². The molecule has 1 rings (SSSR count). The third kappa shape index (κ3) is 5.85. The first-order chi connectivity index (χ1) is 8.29. The van der Waals surface area contributed by atoms with Crippen molar-refractivity contribution in [2.24, 2.45) is 17.3 Å². The fraction of sp³-hybridized carbons (Fsp3) is 0.733. The second-order valence-electron chi connectivity index (χ2n) is 6.52. The van der Waals surface area contributed by atoms with Gasteiger partial charge in [0.05, 0.1) is 3.79 Å². The minimum Gasteiger partial charge on any atom is -0.316 e. The van der Waals surface area contributed by atoms with Crippen LogP contribution in [0.3, 0.4) is 0 Å². The molecule has 3 heteroatoms. The van der Waals surface area contributed by atoms with E-state index < -0.39 is 0 Å². The van der Waals surface area contributed by atoms with Gasteiger partial charge in [0.15, 0.2) is 0 Å². The molecular formula is C15H26BrNS. The molecule has 1 heterocycles. The highest BCUT2D eigenvalue weighted by molar-refractivity contribution is 9.11. The molecule has 0 saturated carbocycles. The zero-order valence-corrected chi connectivity index (χ0v) is 14.6. The van der Waals surface area contributed by atoms with Crippen LogP contribution in [0, 0.1) is 17.3 Å². The SMILES string of the molecule is CC(C)CNCC(Cc1ccc(Br)s1)C(C)(C)C. The smallest absolute Gasteiger partial charge is 0.0701 e. The van der Waals surface area contributed by atoms with Gasteiger partial charge in [-0.3, -0.25) is 0 Å². The summed E-state index contributed by atoms with van der Waals surface area (Å²) in [6.07, 6.45) is 1.17. The lowest BCUT2D eigenvalue weighted by atomic mass is 9.78. The maximum Gasteiger partial charge on any atom is 0.0701 e. The van der Waals surface area contributed by atoms with Crippen LogP contribution in [0.15, 0.2) is 15.9 Å². The molecule has 1 nitrogen and oxygen atoms in total. The van der Waals surface area contributed by atoms with Crippen LogP contribution in [0.1, 0.15) is 39.5 Å². The van der Waals surface area contributed by atoms with E-state index >= 15 is 0 Å². The Morgan fingerprint density at radius 2 is 1.89 bits per heavy atom. The largest absolute Gasteiger partial charge is 0.316 e. The predicted molar refractivity (Wildman–Crippen MR) is 86.4 cm³/mol. The van der Waals surface area contributed by atoms with Gasteiger partial charge in [-0.1, -0.05) is 34.6 Å².